The SMILES string of the molecule is CN1CCN(c2cc(C(=O)O)c3cc(NS(=O)(=O)c4ccc(C5CCCCC5)cc4)ccc3n2)CC1.Cl.Cl.Cl. The third kappa shape index (κ3) is 7.46. The fourth-order valence-corrected chi connectivity index (χ4v) is 6.27. The van der Waals surface area contributed by atoms with Crippen molar-refractivity contribution in [2.75, 3.05) is 42.8 Å². The summed E-state index contributed by atoms with van der Waals surface area (Å²) in [5.41, 5.74) is 2.11. The van der Waals surface area contributed by atoms with Gasteiger partial charge in [-0.15, -0.1) is 37.2 Å². The van der Waals surface area contributed by atoms with Gasteiger partial charge in [0, 0.05) is 37.3 Å². The Kier molecular flexibility index (Phi) is 11.7. The number of aromatic carboxylic acids is 1. The lowest BCUT2D eigenvalue weighted by molar-refractivity contribution is 0.0699. The number of piperazine rings is 1. The van der Waals surface area contributed by atoms with Crippen LogP contribution in [0.1, 0.15) is 53.9 Å². The third-order valence-electron chi connectivity index (χ3n) is 7.37. The molecular weight excluding hydrogens is 583 g/mol. The van der Waals surface area contributed by atoms with E-state index in [9.17, 15) is 18.3 Å². The lowest BCUT2D eigenvalue weighted by Crippen LogP contribution is -2.44. The summed E-state index contributed by atoms with van der Waals surface area (Å²) in [6, 6.07) is 13.6. The van der Waals surface area contributed by atoms with E-state index in [1.165, 1.54) is 24.8 Å². The number of carboxylic acids is 1. The molecule has 0 bridgehead atoms. The monoisotopic (exact) mass is 616 g/mol. The Morgan fingerprint density at radius 2 is 1.56 bits per heavy atom. The second kappa shape index (κ2) is 13.9. The first-order valence-electron chi connectivity index (χ1n) is 12.5. The van der Waals surface area contributed by atoms with Crippen molar-refractivity contribution in [3.8, 4) is 0 Å². The Balaban J connectivity index is 0.00000178. The molecule has 214 valence electrons. The topological polar surface area (TPSA) is 103 Å². The molecule has 0 atom stereocenters. The molecule has 39 heavy (non-hydrogen) atoms. The molecule has 1 aliphatic carbocycles. The number of sulfonamides is 1. The molecule has 2 N–H and O–H groups in total. The molecule has 2 fully saturated rings. The number of aromatic nitrogens is 1. The van der Waals surface area contributed by atoms with E-state index in [1.807, 2.05) is 12.1 Å². The fraction of sp³-hybridized carbons (Fsp3) is 0.407. The van der Waals surface area contributed by atoms with Gasteiger partial charge in [0.1, 0.15) is 5.82 Å². The van der Waals surface area contributed by atoms with Gasteiger partial charge in [0.15, 0.2) is 0 Å². The Bertz CT molecular complexity index is 1380. The number of nitrogens with one attached hydrogen (secondary N) is 1. The van der Waals surface area contributed by atoms with Crippen LogP contribution in [0.2, 0.25) is 0 Å². The minimum atomic E-state index is -3.82. The molecule has 3 aromatic rings. The number of carbonyl (C=O) groups is 1. The molecule has 8 nitrogen and oxygen atoms in total. The summed E-state index contributed by atoms with van der Waals surface area (Å²) in [4.78, 5) is 21.3. The zero-order valence-electron chi connectivity index (χ0n) is 21.7. The van der Waals surface area contributed by atoms with Crippen molar-refractivity contribution in [2.45, 2.75) is 42.9 Å². The van der Waals surface area contributed by atoms with Gasteiger partial charge in [0.2, 0.25) is 0 Å². The summed E-state index contributed by atoms with van der Waals surface area (Å²) in [5.74, 6) is 0.0529. The highest BCUT2D eigenvalue weighted by Gasteiger charge is 2.21. The molecule has 2 aliphatic rings. The number of hydrogen-bond acceptors (Lipinski definition) is 6. The lowest BCUT2D eigenvalue weighted by atomic mass is 9.84. The van der Waals surface area contributed by atoms with E-state index in [0.29, 0.717) is 28.3 Å². The van der Waals surface area contributed by atoms with Crippen LogP contribution in [0.4, 0.5) is 11.5 Å². The van der Waals surface area contributed by atoms with Gasteiger partial charge in [-0.3, -0.25) is 4.72 Å². The van der Waals surface area contributed by atoms with Gasteiger partial charge in [-0.25, -0.2) is 18.2 Å². The van der Waals surface area contributed by atoms with Crippen molar-refractivity contribution in [3.05, 3.63) is 59.7 Å². The van der Waals surface area contributed by atoms with Crippen molar-refractivity contribution in [1.82, 2.24) is 9.88 Å². The molecule has 12 heteroatoms. The molecule has 0 spiro atoms. The smallest absolute Gasteiger partial charge is 0.336 e. The van der Waals surface area contributed by atoms with E-state index in [2.05, 4.69) is 26.6 Å². The van der Waals surface area contributed by atoms with Crippen molar-refractivity contribution in [1.29, 1.82) is 0 Å². The van der Waals surface area contributed by atoms with Gasteiger partial charge in [-0.05, 0) is 67.8 Å². The third-order valence-corrected chi connectivity index (χ3v) is 8.77. The maximum Gasteiger partial charge on any atom is 0.336 e. The molecule has 5 rings (SSSR count). The van der Waals surface area contributed by atoms with Gasteiger partial charge < -0.3 is 14.9 Å². The minimum Gasteiger partial charge on any atom is -0.478 e. The summed E-state index contributed by atoms with van der Waals surface area (Å²) in [6.07, 6.45) is 6.02. The summed E-state index contributed by atoms with van der Waals surface area (Å²) < 4.78 is 28.8. The van der Waals surface area contributed by atoms with E-state index in [0.717, 1.165) is 39.0 Å². The van der Waals surface area contributed by atoms with Crippen LogP contribution in [-0.2, 0) is 10.0 Å². The van der Waals surface area contributed by atoms with Gasteiger partial charge in [-0.1, -0.05) is 31.4 Å². The van der Waals surface area contributed by atoms with E-state index in [-0.39, 0.29) is 47.7 Å². The van der Waals surface area contributed by atoms with Gasteiger partial charge >= 0.3 is 5.97 Å². The van der Waals surface area contributed by atoms with Crippen LogP contribution in [0.25, 0.3) is 10.9 Å². The maximum atomic E-state index is 13.1. The molecule has 2 heterocycles. The number of pyridine rings is 1. The van der Waals surface area contributed by atoms with Crippen LogP contribution in [0.3, 0.4) is 0 Å². The molecule has 1 aliphatic heterocycles. The van der Waals surface area contributed by atoms with Crippen LogP contribution in [0.15, 0.2) is 53.4 Å². The highest BCUT2D eigenvalue weighted by Crippen LogP contribution is 2.33. The van der Waals surface area contributed by atoms with Crippen molar-refractivity contribution < 1.29 is 18.3 Å². The Morgan fingerprint density at radius 1 is 0.923 bits per heavy atom. The number of nitrogens with zero attached hydrogens (tertiary/aromatic N) is 3. The average molecular weight is 618 g/mol. The predicted octanol–water partition coefficient (Wildman–Crippen LogP) is 5.80. The first kappa shape index (κ1) is 32.9. The van der Waals surface area contributed by atoms with Crippen LogP contribution >= 0.6 is 37.2 Å². The second-order valence-corrected chi connectivity index (χ2v) is 11.5. The summed E-state index contributed by atoms with van der Waals surface area (Å²) in [7, 11) is -1.77. The van der Waals surface area contributed by atoms with Crippen LogP contribution in [0, 0.1) is 0 Å². The number of hydrogen-bond donors (Lipinski definition) is 2. The van der Waals surface area contributed by atoms with E-state index in [1.54, 1.807) is 36.4 Å². The summed E-state index contributed by atoms with van der Waals surface area (Å²) >= 11 is 0. The van der Waals surface area contributed by atoms with Crippen molar-refractivity contribution in [3.63, 3.8) is 0 Å². The van der Waals surface area contributed by atoms with Gasteiger partial charge in [0.25, 0.3) is 10.0 Å². The molecule has 1 aromatic heterocycles. The quantitative estimate of drug-likeness (QED) is 0.360. The van der Waals surface area contributed by atoms with Crippen molar-refractivity contribution >= 4 is 75.6 Å². The first-order valence-corrected chi connectivity index (χ1v) is 14.0. The first-order chi connectivity index (χ1) is 17.3. The number of carboxylic acid groups (broad SMARTS) is 1. The lowest BCUT2D eigenvalue weighted by Gasteiger charge is -2.33. The molecule has 1 saturated carbocycles. The highest BCUT2D eigenvalue weighted by atomic mass is 35.5. The number of halogens is 3. The molecular formula is C27H35Cl3N4O4S. The molecule has 0 radical (unpaired) electrons. The Morgan fingerprint density at radius 3 is 2.18 bits per heavy atom. The van der Waals surface area contributed by atoms with Gasteiger partial charge in [0.05, 0.1) is 16.0 Å². The fourth-order valence-electron chi connectivity index (χ4n) is 5.22. The standard InChI is InChI=1S/C27H32N4O4S.3ClH/c1-30-13-15-31(16-14-30)26-18-24(27(32)33)23-17-21(9-12-25(23)28-26)29-36(34,35)22-10-7-20(8-11-22)19-5-3-2-4-6-19;;;/h7-12,17-19,29H,2-6,13-16H2,1H3,(H,32,33);3*1H. The number of likely N-dealkylation sites (N-methyl/N-ethyl adjacent to an activating group) is 1. The van der Waals surface area contributed by atoms with Crippen LogP contribution < -0.4 is 9.62 Å². The molecule has 0 amide bonds. The predicted molar refractivity (Wildman–Crippen MR) is 163 cm³/mol. The summed E-state index contributed by atoms with van der Waals surface area (Å²) in [5, 5.41) is 10.3. The maximum absolute atomic E-state index is 13.1. The number of rotatable bonds is 6. The highest BCUT2D eigenvalue weighted by molar-refractivity contribution is 7.92. The van der Waals surface area contributed by atoms with Crippen LogP contribution in [-0.4, -0.2) is 62.6 Å². The van der Waals surface area contributed by atoms with E-state index in [4.69, 9.17) is 0 Å². The number of fused-ring (bicyclic) bond motifs is 1. The van der Waals surface area contributed by atoms with Gasteiger partial charge in [-0.2, -0.15) is 0 Å². The zero-order chi connectivity index (χ0) is 25.3. The number of anilines is 2. The van der Waals surface area contributed by atoms with Crippen molar-refractivity contribution in [2.24, 2.45) is 0 Å². The Labute approximate surface area is 248 Å². The average Bonchev–Trinajstić information content (AvgIpc) is 2.89. The van der Waals surface area contributed by atoms with E-state index < -0.39 is 16.0 Å². The molecule has 1 saturated heterocycles. The van der Waals surface area contributed by atoms with E-state index >= 15 is 0 Å². The minimum absolute atomic E-state index is 0. The second-order valence-electron chi connectivity index (χ2n) is 9.86. The Hall–Kier alpha value is -2.30. The van der Waals surface area contributed by atoms with Crippen LogP contribution in [0.5, 0.6) is 0 Å². The number of benzene rings is 2. The molecule has 0 unspecified atom stereocenters. The largest absolute Gasteiger partial charge is 0.478 e. The molecule has 2 aromatic carbocycles. The normalized spacial score (nSPS) is 16.5. The zero-order valence-corrected chi connectivity index (χ0v) is 25.0. The summed E-state index contributed by atoms with van der Waals surface area (Å²) in [6.45, 7) is 3.30.